The summed E-state index contributed by atoms with van der Waals surface area (Å²) in [6, 6.07) is 4.88. The van der Waals surface area contributed by atoms with Crippen molar-refractivity contribution in [2.24, 2.45) is 5.84 Å². The summed E-state index contributed by atoms with van der Waals surface area (Å²) in [6.07, 6.45) is 0. The number of aryl methyl sites for hydroxylation is 1. The molecular formula is C11H9Cl2FN4. The minimum absolute atomic E-state index is 0.0801. The molecule has 0 atom stereocenters. The van der Waals surface area contributed by atoms with Gasteiger partial charge < -0.3 is 5.43 Å². The lowest BCUT2D eigenvalue weighted by Gasteiger charge is -2.08. The smallest absolute Gasteiger partial charge is 0.187 e. The zero-order valence-corrected chi connectivity index (χ0v) is 10.8. The molecule has 0 aliphatic heterocycles. The summed E-state index contributed by atoms with van der Waals surface area (Å²) < 4.78 is 13.5. The van der Waals surface area contributed by atoms with E-state index in [0.717, 1.165) is 0 Å². The fourth-order valence-corrected chi connectivity index (χ4v) is 1.94. The maximum atomic E-state index is 13.5. The maximum Gasteiger partial charge on any atom is 0.187 e. The summed E-state index contributed by atoms with van der Waals surface area (Å²) in [4.78, 5) is 8.00. The largest absolute Gasteiger partial charge is 0.306 e. The third kappa shape index (κ3) is 2.38. The summed E-state index contributed by atoms with van der Waals surface area (Å²) >= 11 is 11.8. The molecule has 18 heavy (non-hydrogen) atoms. The Balaban J connectivity index is 2.60. The van der Waals surface area contributed by atoms with Crippen LogP contribution in [0.3, 0.4) is 0 Å². The zero-order valence-electron chi connectivity index (χ0n) is 9.34. The van der Waals surface area contributed by atoms with E-state index in [1.807, 2.05) is 0 Å². The number of rotatable bonds is 2. The van der Waals surface area contributed by atoms with Gasteiger partial charge in [-0.2, -0.15) is 0 Å². The number of anilines is 1. The van der Waals surface area contributed by atoms with Crippen LogP contribution in [0.5, 0.6) is 0 Å². The fourth-order valence-electron chi connectivity index (χ4n) is 1.45. The Labute approximate surface area is 113 Å². The molecule has 1 aromatic carbocycles. The van der Waals surface area contributed by atoms with E-state index in [1.54, 1.807) is 18.2 Å². The molecule has 0 saturated heterocycles. The number of aromatic nitrogens is 2. The van der Waals surface area contributed by atoms with Gasteiger partial charge in [0.05, 0.1) is 10.7 Å². The molecule has 0 unspecified atom stereocenters. The van der Waals surface area contributed by atoms with Crippen LogP contribution in [-0.4, -0.2) is 9.97 Å². The maximum absolute atomic E-state index is 13.5. The van der Waals surface area contributed by atoms with Crippen molar-refractivity contribution in [3.05, 3.63) is 39.8 Å². The van der Waals surface area contributed by atoms with E-state index in [4.69, 9.17) is 29.0 Å². The second-order valence-electron chi connectivity index (χ2n) is 3.56. The molecular weight excluding hydrogens is 278 g/mol. The first-order valence-corrected chi connectivity index (χ1v) is 5.74. The average molecular weight is 287 g/mol. The van der Waals surface area contributed by atoms with Crippen LogP contribution < -0.4 is 11.3 Å². The first-order chi connectivity index (χ1) is 8.52. The topological polar surface area (TPSA) is 63.8 Å². The highest BCUT2D eigenvalue weighted by atomic mass is 35.5. The number of benzene rings is 1. The second kappa shape index (κ2) is 5.06. The van der Waals surface area contributed by atoms with Crippen molar-refractivity contribution in [3.8, 4) is 11.4 Å². The molecule has 1 heterocycles. The van der Waals surface area contributed by atoms with Crippen molar-refractivity contribution >= 4 is 29.0 Å². The van der Waals surface area contributed by atoms with E-state index in [2.05, 4.69) is 15.4 Å². The molecule has 0 aliphatic carbocycles. The van der Waals surface area contributed by atoms with E-state index >= 15 is 0 Å². The Hall–Kier alpha value is -1.43. The monoisotopic (exact) mass is 286 g/mol. The van der Waals surface area contributed by atoms with Gasteiger partial charge in [-0.25, -0.2) is 20.2 Å². The second-order valence-corrected chi connectivity index (χ2v) is 4.41. The van der Waals surface area contributed by atoms with Gasteiger partial charge in [-0.05, 0) is 25.1 Å². The number of hydrogen-bond acceptors (Lipinski definition) is 4. The van der Waals surface area contributed by atoms with E-state index in [0.29, 0.717) is 15.6 Å². The fraction of sp³-hybridized carbons (Fsp3) is 0.0909. The number of halogens is 3. The lowest BCUT2D eigenvalue weighted by atomic mass is 10.2. The highest BCUT2D eigenvalue weighted by Gasteiger charge is 2.14. The van der Waals surface area contributed by atoms with Gasteiger partial charge in [0.25, 0.3) is 0 Å². The van der Waals surface area contributed by atoms with Crippen molar-refractivity contribution in [2.75, 3.05) is 5.43 Å². The molecule has 7 heteroatoms. The predicted molar refractivity (Wildman–Crippen MR) is 70.0 cm³/mol. The molecule has 3 N–H and O–H groups in total. The normalized spacial score (nSPS) is 10.5. The Kier molecular flexibility index (Phi) is 3.65. The number of nitrogens with one attached hydrogen (secondary N) is 1. The van der Waals surface area contributed by atoms with Gasteiger partial charge in [-0.1, -0.05) is 23.2 Å². The predicted octanol–water partition coefficient (Wildman–Crippen LogP) is 3.18. The van der Waals surface area contributed by atoms with E-state index in [-0.39, 0.29) is 17.3 Å². The molecule has 4 nitrogen and oxygen atoms in total. The van der Waals surface area contributed by atoms with Crippen LogP contribution >= 0.6 is 23.2 Å². The van der Waals surface area contributed by atoms with Gasteiger partial charge in [0.15, 0.2) is 17.5 Å². The number of nitrogens with two attached hydrogens (primary N) is 1. The van der Waals surface area contributed by atoms with E-state index in [9.17, 15) is 4.39 Å². The molecule has 0 fully saturated rings. The molecule has 0 bridgehead atoms. The number of hydrogen-bond donors (Lipinski definition) is 2. The van der Waals surface area contributed by atoms with Gasteiger partial charge in [0.2, 0.25) is 0 Å². The molecule has 1 aromatic heterocycles. The lowest BCUT2D eigenvalue weighted by Crippen LogP contribution is -2.13. The Bertz CT molecular complexity index is 604. The SMILES string of the molecule is Cc1nc(-c2ccc(Cl)cc2Cl)nc(NN)c1F. The van der Waals surface area contributed by atoms with Crippen LogP contribution in [0.4, 0.5) is 10.2 Å². The van der Waals surface area contributed by atoms with Crippen LogP contribution in [0.1, 0.15) is 5.69 Å². The summed E-state index contributed by atoms with van der Waals surface area (Å²) in [6.45, 7) is 1.52. The average Bonchev–Trinajstić information content (AvgIpc) is 2.32. The van der Waals surface area contributed by atoms with Crippen molar-refractivity contribution in [2.45, 2.75) is 6.92 Å². The molecule has 94 valence electrons. The number of nitrogen functional groups attached to an aromatic ring is 1. The molecule has 0 saturated carbocycles. The highest BCUT2D eigenvalue weighted by molar-refractivity contribution is 6.36. The minimum Gasteiger partial charge on any atom is -0.306 e. The standard InChI is InChI=1S/C11H9Cl2FN4/c1-5-9(14)11(18-15)17-10(16-5)7-3-2-6(12)4-8(7)13/h2-4H,15H2,1H3,(H,16,17,18). The molecule has 0 aliphatic rings. The number of nitrogens with zero attached hydrogens (tertiary/aromatic N) is 2. The Morgan fingerprint density at radius 2 is 2.00 bits per heavy atom. The molecule has 0 radical (unpaired) electrons. The third-order valence-electron chi connectivity index (χ3n) is 2.33. The highest BCUT2D eigenvalue weighted by Crippen LogP contribution is 2.29. The van der Waals surface area contributed by atoms with E-state index < -0.39 is 5.82 Å². The third-order valence-corrected chi connectivity index (χ3v) is 2.87. The molecule has 0 amide bonds. The lowest BCUT2D eigenvalue weighted by molar-refractivity contribution is 0.606. The van der Waals surface area contributed by atoms with Crippen molar-refractivity contribution < 1.29 is 4.39 Å². The van der Waals surface area contributed by atoms with Crippen LogP contribution in [0.25, 0.3) is 11.4 Å². The van der Waals surface area contributed by atoms with Crippen molar-refractivity contribution in [1.29, 1.82) is 0 Å². The summed E-state index contributed by atoms with van der Waals surface area (Å²) in [5, 5.41) is 0.885. The first kappa shape index (κ1) is 13.0. The Morgan fingerprint density at radius 1 is 1.28 bits per heavy atom. The Morgan fingerprint density at radius 3 is 2.61 bits per heavy atom. The minimum atomic E-state index is -0.591. The van der Waals surface area contributed by atoms with Crippen molar-refractivity contribution in [1.82, 2.24) is 9.97 Å². The van der Waals surface area contributed by atoms with Crippen LogP contribution in [-0.2, 0) is 0 Å². The van der Waals surface area contributed by atoms with Crippen LogP contribution in [0.15, 0.2) is 18.2 Å². The van der Waals surface area contributed by atoms with Crippen LogP contribution in [0, 0.1) is 12.7 Å². The van der Waals surface area contributed by atoms with Gasteiger partial charge >= 0.3 is 0 Å². The van der Waals surface area contributed by atoms with Gasteiger partial charge in [-0.3, -0.25) is 0 Å². The number of hydrazine groups is 1. The van der Waals surface area contributed by atoms with E-state index in [1.165, 1.54) is 6.92 Å². The molecule has 0 spiro atoms. The summed E-state index contributed by atoms with van der Waals surface area (Å²) in [5.41, 5.74) is 2.92. The molecule has 2 rings (SSSR count). The van der Waals surface area contributed by atoms with Gasteiger partial charge in [-0.15, -0.1) is 0 Å². The summed E-state index contributed by atoms with van der Waals surface area (Å²) in [5.74, 6) is 4.80. The summed E-state index contributed by atoms with van der Waals surface area (Å²) in [7, 11) is 0. The van der Waals surface area contributed by atoms with Crippen molar-refractivity contribution in [3.63, 3.8) is 0 Å². The van der Waals surface area contributed by atoms with Crippen LogP contribution in [0.2, 0.25) is 10.0 Å². The molecule has 2 aromatic rings. The van der Waals surface area contributed by atoms with Gasteiger partial charge in [0.1, 0.15) is 0 Å². The zero-order chi connectivity index (χ0) is 13.3. The van der Waals surface area contributed by atoms with Gasteiger partial charge in [0, 0.05) is 10.6 Å². The first-order valence-electron chi connectivity index (χ1n) is 4.99. The quantitative estimate of drug-likeness (QED) is 0.657.